The molecule has 0 unspecified atom stereocenters. The Kier molecular flexibility index (Phi) is 4.68. The molecule has 1 saturated heterocycles. The van der Waals surface area contributed by atoms with E-state index in [1.54, 1.807) is 13.2 Å². The van der Waals surface area contributed by atoms with Gasteiger partial charge in [0.05, 0.1) is 7.11 Å². The predicted molar refractivity (Wildman–Crippen MR) is 98.2 cm³/mol. The number of hydrogen-bond acceptors (Lipinski definition) is 5. The Labute approximate surface area is 153 Å². The fraction of sp³-hybridized carbons (Fsp3) is 0.500. The van der Waals surface area contributed by atoms with Gasteiger partial charge in [-0.1, -0.05) is 5.16 Å². The molecule has 0 radical (unpaired) electrons. The van der Waals surface area contributed by atoms with Crippen LogP contribution < -0.4 is 10.1 Å². The number of ether oxygens (including phenoxy) is 1. The summed E-state index contributed by atoms with van der Waals surface area (Å²) in [6, 6.07) is 9.17. The molecule has 0 spiro atoms. The summed E-state index contributed by atoms with van der Waals surface area (Å²) in [6.45, 7) is 4.21. The number of likely N-dealkylation sites (tertiary alicyclic amines) is 1. The van der Waals surface area contributed by atoms with Crippen molar-refractivity contribution in [3.05, 3.63) is 36.0 Å². The van der Waals surface area contributed by atoms with Crippen LogP contribution in [-0.2, 0) is 0 Å². The molecule has 1 aliphatic heterocycles. The maximum absolute atomic E-state index is 12.4. The van der Waals surface area contributed by atoms with Gasteiger partial charge < -0.3 is 19.5 Å². The highest BCUT2D eigenvalue weighted by Crippen LogP contribution is 2.46. The third-order valence-electron chi connectivity index (χ3n) is 5.46. The fourth-order valence-electron chi connectivity index (χ4n) is 3.61. The summed E-state index contributed by atoms with van der Waals surface area (Å²) in [4.78, 5) is 15.0. The molecule has 2 fully saturated rings. The van der Waals surface area contributed by atoms with Crippen LogP contribution in [-0.4, -0.2) is 49.3 Å². The van der Waals surface area contributed by atoms with E-state index in [0.29, 0.717) is 18.0 Å². The lowest BCUT2D eigenvalue weighted by Crippen LogP contribution is -2.37. The van der Waals surface area contributed by atoms with E-state index in [1.807, 2.05) is 24.3 Å². The number of rotatable bonds is 7. The molecule has 1 aromatic carbocycles. The lowest BCUT2D eigenvalue weighted by molar-refractivity contribution is 0.0931. The number of nitrogens with zero attached hydrogens (tertiary/aromatic N) is 2. The molecule has 1 N–H and O–H groups in total. The monoisotopic (exact) mass is 355 g/mol. The van der Waals surface area contributed by atoms with Gasteiger partial charge in [0.15, 0.2) is 11.5 Å². The van der Waals surface area contributed by atoms with E-state index in [9.17, 15) is 4.79 Å². The standard InChI is InChI=1S/C20H25N3O3/c1-25-16-6-4-15(5-7-16)18-12-17(22-26-18)19(24)21-13-20(8-9-20)14-23-10-2-3-11-23/h4-7,12H,2-3,8-11,13-14H2,1H3,(H,21,24). The molecule has 2 heterocycles. The van der Waals surface area contributed by atoms with Crippen molar-refractivity contribution in [2.45, 2.75) is 25.7 Å². The van der Waals surface area contributed by atoms with Crippen molar-refractivity contribution in [3.63, 3.8) is 0 Å². The Balaban J connectivity index is 1.34. The molecule has 1 saturated carbocycles. The summed E-state index contributed by atoms with van der Waals surface area (Å²) < 4.78 is 10.5. The van der Waals surface area contributed by atoms with E-state index in [-0.39, 0.29) is 11.3 Å². The highest BCUT2D eigenvalue weighted by atomic mass is 16.5. The number of hydrogen-bond donors (Lipinski definition) is 1. The summed E-state index contributed by atoms with van der Waals surface area (Å²) in [5, 5.41) is 6.98. The Bertz CT molecular complexity index is 759. The normalized spacial score (nSPS) is 18.7. The quantitative estimate of drug-likeness (QED) is 0.827. The first-order chi connectivity index (χ1) is 12.7. The SMILES string of the molecule is COc1ccc(-c2cc(C(=O)NCC3(CN4CCCC4)CC3)no2)cc1. The predicted octanol–water partition coefficient (Wildman–Crippen LogP) is 2.96. The molecule has 2 aromatic rings. The molecule has 0 bridgehead atoms. The molecule has 26 heavy (non-hydrogen) atoms. The summed E-state index contributed by atoms with van der Waals surface area (Å²) in [7, 11) is 1.63. The Hall–Kier alpha value is -2.34. The van der Waals surface area contributed by atoms with Crippen LogP contribution in [0.4, 0.5) is 0 Å². The van der Waals surface area contributed by atoms with Gasteiger partial charge in [-0.05, 0) is 63.0 Å². The van der Waals surface area contributed by atoms with Crippen molar-refractivity contribution in [2.75, 3.05) is 33.3 Å². The lowest BCUT2D eigenvalue weighted by Gasteiger charge is -2.23. The molecule has 138 valence electrons. The van der Waals surface area contributed by atoms with E-state index >= 15 is 0 Å². The van der Waals surface area contributed by atoms with Crippen molar-refractivity contribution in [3.8, 4) is 17.1 Å². The third kappa shape index (κ3) is 3.75. The molecular formula is C20H25N3O3. The van der Waals surface area contributed by atoms with Gasteiger partial charge in [-0.3, -0.25) is 4.79 Å². The van der Waals surface area contributed by atoms with Crippen molar-refractivity contribution in [1.29, 1.82) is 0 Å². The van der Waals surface area contributed by atoms with E-state index in [0.717, 1.165) is 17.9 Å². The maximum atomic E-state index is 12.4. The van der Waals surface area contributed by atoms with Crippen molar-refractivity contribution >= 4 is 5.91 Å². The fourth-order valence-corrected chi connectivity index (χ4v) is 3.61. The van der Waals surface area contributed by atoms with Gasteiger partial charge in [0.2, 0.25) is 0 Å². The lowest BCUT2D eigenvalue weighted by atomic mass is 10.1. The van der Waals surface area contributed by atoms with E-state index < -0.39 is 0 Å². The zero-order valence-corrected chi connectivity index (χ0v) is 15.2. The molecule has 1 aromatic heterocycles. The van der Waals surface area contributed by atoms with Crippen LogP contribution in [0.15, 0.2) is 34.9 Å². The molecule has 6 heteroatoms. The Morgan fingerprint density at radius 3 is 2.65 bits per heavy atom. The van der Waals surface area contributed by atoms with Crippen LogP contribution in [0.5, 0.6) is 5.75 Å². The maximum Gasteiger partial charge on any atom is 0.273 e. The molecule has 6 nitrogen and oxygen atoms in total. The number of methoxy groups -OCH3 is 1. The largest absolute Gasteiger partial charge is 0.497 e. The Morgan fingerprint density at radius 1 is 1.27 bits per heavy atom. The van der Waals surface area contributed by atoms with Gasteiger partial charge in [-0.2, -0.15) is 0 Å². The Morgan fingerprint density at radius 2 is 2.00 bits per heavy atom. The summed E-state index contributed by atoms with van der Waals surface area (Å²) in [5.74, 6) is 1.19. The van der Waals surface area contributed by atoms with E-state index in [1.165, 1.54) is 38.8 Å². The van der Waals surface area contributed by atoms with Crippen molar-refractivity contribution in [1.82, 2.24) is 15.4 Å². The molecule has 1 aliphatic carbocycles. The minimum absolute atomic E-state index is 0.166. The van der Waals surface area contributed by atoms with Gasteiger partial charge in [0.1, 0.15) is 5.75 Å². The van der Waals surface area contributed by atoms with Gasteiger partial charge in [-0.15, -0.1) is 0 Å². The number of carbonyl (C=O) groups excluding carboxylic acids is 1. The zero-order chi connectivity index (χ0) is 18.0. The highest BCUT2D eigenvalue weighted by Gasteiger charge is 2.44. The smallest absolute Gasteiger partial charge is 0.273 e. The second-order valence-electron chi connectivity index (χ2n) is 7.47. The second kappa shape index (κ2) is 7.11. The van der Waals surface area contributed by atoms with Crippen LogP contribution in [0.25, 0.3) is 11.3 Å². The van der Waals surface area contributed by atoms with Crippen molar-refractivity contribution < 1.29 is 14.1 Å². The molecule has 0 atom stereocenters. The van der Waals surface area contributed by atoms with Crippen molar-refractivity contribution in [2.24, 2.45) is 5.41 Å². The minimum Gasteiger partial charge on any atom is -0.497 e. The first kappa shape index (κ1) is 17.1. The number of nitrogens with one attached hydrogen (secondary N) is 1. The second-order valence-corrected chi connectivity index (χ2v) is 7.47. The van der Waals surface area contributed by atoms with Crippen LogP contribution in [0.3, 0.4) is 0 Å². The van der Waals surface area contributed by atoms with Crippen LogP contribution in [0, 0.1) is 5.41 Å². The average Bonchev–Trinajstić information content (AvgIpc) is 3.05. The number of amides is 1. The van der Waals surface area contributed by atoms with Crippen LogP contribution in [0.2, 0.25) is 0 Å². The van der Waals surface area contributed by atoms with Gasteiger partial charge in [-0.25, -0.2) is 0 Å². The number of aromatic nitrogens is 1. The minimum atomic E-state index is -0.166. The van der Waals surface area contributed by atoms with Gasteiger partial charge >= 0.3 is 0 Å². The summed E-state index contributed by atoms with van der Waals surface area (Å²) in [5.41, 5.74) is 1.46. The average molecular weight is 355 g/mol. The van der Waals surface area contributed by atoms with Gasteiger partial charge in [0.25, 0.3) is 5.91 Å². The summed E-state index contributed by atoms with van der Waals surface area (Å²) >= 11 is 0. The van der Waals surface area contributed by atoms with E-state index in [4.69, 9.17) is 9.26 Å². The van der Waals surface area contributed by atoms with Crippen LogP contribution >= 0.6 is 0 Å². The molecule has 4 rings (SSSR count). The first-order valence-electron chi connectivity index (χ1n) is 9.29. The third-order valence-corrected chi connectivity index (χ3v) is 5.46. The molecular weight excluding hydrogens is 330 g/mol. The first-order valence-corrected chi connectivity index (χ1v) is 9.29. The van der Waals surface area contributed by atoms with Gasteiger partial charge in [0, 0.05) is 30.1 Å². The topological polar surface area (TPSA) is 67.6 Å². The van der Waals surface area contributed by atoms with E-state index in [2.05, 4.69) is 15.4 Å². The molecule has 1 amide bonds. The zero-order valence-electron chi connectivity index (χ0n) is 15.2. The highest BCUT2D eigenvalue weighted by molar-refractivity contribution is 5.93. The van der Waals surface area contributed by atoms with Crippen LogP contribution in [0.1, 0.15) is 36.2 Å². The summed E-state index contributed by atoms with van der Waals surface area (Å²) in [6.07, 6.45) is 4.99. The molecule has 2 aliphatic rings. The number of carbonyl (C=O) groups is 1. The number of benzene rings is 1.